The maximum atomic E-state index is 13.2. The predicted octanol–water partition coefficient (Wildman–Crippen LogP) is 0.0536. The molecule has 1 aliphatic rings. The van der Waals surface area contributed by atoms with E-state index >= 15 is 0 Å². The Labute approximate surface area is 328 Å². The number of amides is 4. The van der Waals surface area contributed by atoms with Crippen molar-refractivity contribution in [2.45, 2.75) is 26.2 Å². The first-order chi connectivity index (χ1) is 27.4. The van der Waals surface area contributed by atoms with Gasteiger partial charge in [0.1, 0.15) is 0 Å². The molecule has 4 N–H and O–H groups in total. The van der Waals surface area contributed by atoms with Crippen LogP contribution < -0.4 is 21.3 Å². The lowest BCUT2D eigenvalue weighted by Crippen LogP contribution is -2.51. The fourth-order valence-electron chi connectivity index (χ4n) is 6.01. The van der Waals surface area contributed by atoms with E-state index in [-0.39, 0.29) is 49.8 Å². The van der Waals surface area contributed by atoms with Gasteiger partial charge in [0.15, 0.2) is 0 Å². The molecule has 0 radical (unpaired) electrons. The molecule has 0 bridgehead atoms. The minimum absolute atomic E-state index is 0.134. The quantitative estimate of drug-likeness (QED) is 0.121. The molecule has 296 valence electrons. The second-order valence-corrected chi connectivity index (χ2v) is 13.5. The van der Waals surface area contributed by atoms with E-state index in [0.29, 0.717) is 78.5 Å². The van der Waals surface area contributed by atoms with Crippen molar-refractivity contribution in [3.05, 3.63) is 120 Å². The SMILES string of the molecule is O=C(CN1CCN(CC(=O)NCc2ccccn2)CCN(CC(=O)NCc2ccccn2)CCN(CC(=O)NCc2ccccn2)CC1)NCc1ccccn1. The van der Waals surface area contributed by atoms with E-state index in [2.05, 4.69) is 60.8 Å². The summed E-state index contributed by atoms with van der Waals surface area (Å²) in [4.78, 5) is 78.3. The minimum Gasteiger partial charge on any atom is -0.349 e. The van der Waals surface area contributed by atoms with Gasteiger partial charge in [0.25, 0.3) is 0 Å². The van der Waals surface area contributed by atoms with E-state index < -0.39 is 0 Å². The van der Waals surface area contributed by atoms with Crippen molar-refractivity contribution in [1.82, 2.24) is 60.8 Å². The van der Waals surface area contributed by atoms with Crippen LogP contribution >= 0.6 is 0 Å². The largest absolute Gasteiger partial charge is 0.349 e. The molecular formula is C40H52N12O4. The maximum Gasteiger partial charge on any atom is 0.234 e. The van der Waals surface area contributed by atoms with E-state index in [9.17, 15) is 19.2 Å². The topological polar surface area (TPSA) is 181 Å². The standard InChI is InChI=1S/C40H52N12O4/c53-37(45-25-33-9-1-5-13-41-33)29-49-17-19-50(30-38(54)46-26-34-10-2-6-14-42-34)21-23-52(32-40(56)48-28-36-12-4-8-16-44-36)24-22-51(20-18-49)31-39(55)47-27-35-11-3-7-15-43-35/h1-16H,17-32H2,(H,45,53)(H,46,54)(H,47,55)(H,48,56). The first kappa shape index (κ1) is 41.5. The number of aromatic nitrogens is 4. The maximum absolute atomic E-state index is 13.2. The van der Waals surface area contributed by atoms with E-state index in [1.807, 2.05) is 72.8 Å². The molecule has 16 nitrogen and oxygen atoms in total. The molecule has 4 amide bonds. The van der Waals surface area contributed by atoms with Crippen molar-refractivity contribution in [3.63, 3.8) is 0 Å². The molecular weight excluding hydrogens is 713 g/mol. The first-order valence-corrected chi connectivity index (χ1v) is 18.9. The van der Waals surface area contributed by atoms with Crippen LogP contribution in [0.4, 0.5) is 0 Å². The number of nitrogens with zero attached hydrogens (tertiary/aromatic N) is 8. The third-order valence-corrected chi connectivity index (χ3v) is 9.17. The molecule has 16 heteroatoms. The third-order valence-electron chi connectivity index (χ3n) is 9.17. The summed E-state index contributed by atoms with van der Waals surface area (Å²) in [5, 5.41) is 11.9. The van der Waals surface area contributed by atoms with Crippen LogP contribution in [-0.2, 0) is 45.4 Å². The molecule has 1 fully saturated rings. The number of pyridine rings is 4. The van der Waals surface area contributed by atoms with Gasteiger partial charge in [0.05, 0.1) is 75.1 Å². The van der Waals surface area contributed by atoms with Crippen LogP contribution in [0.2, 0.25) is 0 Å². The molecule has 1 saturated heterocycles. The van der Waals surface area contributed by atoms with Gasteiger partial charge < -0.3 is 21.3 Å². The number of nitrogens with one attached hydrogen (secondary N) is 4. The number of hydrogen-bond donors (Lipinski definition) is 4. The number of carbonyl (C=O) groups excluding carboxylic acids is 4. The molecule has 4 aromatic heterocycles. The van der Waals surface area contributed by atoms with Crippen molar-refractivity contribution in [1.29, 1.82) is 0 Å². The monoisotopic (exact) mass is 764 g/mol. The highest BCUT2D eigenvalue weighted by molar-refractivity contribution is 5.79. The molecule has 0 spiro atoms. The highest BCUT2D eigenvalue weighted by Gasteiger charge is 2.22. The van der Waals surface area contributed by atoms with Crippen LogP contribution in [0.1, 0.15) is 22.8 Å². The summed E-state index contributed by atoms with van der Waals surface area (Å²) < 4.78 is 0. The Hall–Kier alpha value is -5.68. The second kappa shape index (κ2) is 23.3. The zero-order valence-electron chi connectivity index (χ0n) is 31.8. The average Bonchev–Trinajstić information content (AvgIpc) is 3.23. The number of rotatable bonds is 16. The Kier molecular flexibility index (Phi) is 17.3. The molecule has 5 rings (SSSR count). The molecule has 0 aromatic carbocycles. The Morgan fingerprint density at radius 2 is 0.589 bits per heavy atom. The average molecular weight is 765 g/mol. The van der Waals surface area contributed by atoms with E-state index in [1.54, 1.807) is 24.8 Å². The van der Waals surface area contributed by atoms with Crippen molar-refractivity contribution >= 4 is 23.6 Å². The first-order valence-electron chi connectivity index (χ1n) is 18.9. The minimum atomic E-state index is -0.148. The van der Waals surface area contributed by atoms with E-state index in [0.717, 1.165) is 22.8 Å². The fraction of sp³-hybridized carbons (Fsp3) is 0.400. The highest BCUT2D eigenvalue weighted by atomic mass is 16.2. The molecule has 56 heavy (non-hydrogen) atoms. The zero-order chi connectivity index (χ0) is 39.2. The van der Waals surface area contributed by atoms with Gasteiger partial charge in [0, 0.05) is 77.1 Å². The summed E-state index contributed by atoms with van der Waals surface area (Å²) in [7, 11) is 0. The van der Waals surface area contributed by atoms with Gasteiger partial charge in [-0.2, -0.15) is 0 Å². The molecule has 4 aromatic rings. The Morgan fingerprint density at radius 1 is 0.375 bits per heavy atom. The molecule has 1 aliphatic heterocycles. The number of carbonyl (C=O) groups is 4. The van der Waals surface area contributed by atoms with Crippen LogP contribution in [0.25, 0.3) is 0 Å². The van der Waals surface area contributed by atoms with Gasteiger partial charge in [-0.25, -0.2) is 0 Å². The summed E-state index contributed by atoms with van der Waals surface area (Å²) in [6.45, 7) is 5.73. The van der Waals surface area contributed by atoms with Crippen LogP contribution in [0.5, 0.6) is 0 Å². The summed E-state index contributed by atoms with van der Waals surface area (Å²) in [5.41, 5.74) is 3.04. The summed E-state index contributed by atoms with van der Waals surface area (Å²) in [6, 6.07) is 22.3. The Morgan fingerprint density at radius 3 is 0.768 bits per heavy atom. The van der Waals surface area contributed by atoms with E-state index in [4.69, 9.17) is 0 Å². The van der Waals surface area contributed by atoms with Crippen molar-refractivity contribution in [3.8, 4) is 0 Å². The predicted molar refractivity (Wildman–Crippen MR) is 210 cm³/mol. The third kappa shape index (κ3) is 16.0. The lowest BCUT2D eigenvalue weighted by molar-refractivity contribution is -0.125. The molecule has 0 unspecified atom stereocenters. The van der Waals surface area contributed by atoms with Gasteiger partial charge in [-0.15, -0.1) is 0 Å². The lowest BCUT2D eigenvalue weighted by Gasteiger charge is -2.33. The van der Waals surface area contributed by atoms with E-state index in [1.165, 1.54) is 0 Å². The zero-order valence-corrected chi connectivity index (χ0v) is 31.8. The fourth-order valence-corrected chi connectivity index (χ4v) is 6.01. The van der Waals surface area contributed by atoms with Crippen LogP contribution in [0.15, 0.2) is 97.6 Å². The van der Waals surface area contributed by atoms with Gasteiger partial charge in [0.2, 0.25) is 23.6 Å². The highest BCUT2D eigenvalue weighted by Crippen LogP contribution is 2.04. The summed E-state index contributed by atoms with van der Waals surface area (Å²) in [6.07, 6.45) is 6.76. The molecule has 0 aliphatic carbocycles. The normalized spacial score (nSPS) is 15.1. The molecule has 0 atom stereocenters. The van der Waals surface area contributed by atoms with Crippen LogP contribution in [0, 0.1) is 0 Å². The smallest absolute Gasteiger partial charge is 0.234 e. The van der Waals surface area contributed by atoms with Crippen LogP contribution in [0.3, 0.4) is 0 Å². The number of hydrogen-bond acceptors (Lipinski definition) is 12. The summed E-state index contributed by atoms with van der Waals surface area (Å²) in [5.74, 6) is -0.593. The van der Waals surface area contributed by atoms with Crippen molar-refractivity contribution < 1.29 is 19.2 Å². The van der Waals surface area contributed by atoms with Crippen molar-refractivity contribution in [2.75, 3.05) is 78.5 Å². The van der Waals surface area contributed by atoms with Crippen molar-refractivity contribution in [2.24, 2.45) is 0 Å². The Balaban J connectivity index is 1.26. The van der Waals surface area contributed by atoms with Gasteiger partial charge >= 0.3 is 0 Å². The Bertz CT molecular complexity index is 1500. The van der Waals surface area contributed by atoms with Gasteiger partial charge in [-0.1, -0.05) is 24.3 Å². The van der Waals surface area contributed by atoms with Gasteiger partial charge in [-0.3, -0.25) is 58.7 Å². The molecule has 5 heterocycles. The summed E-state index contributed by atoms with van der Waals surface area (Å²) >= 11 is 0. The van der Waals surface area contributed by atoms with Gasteiger partial charge in [-0.05, 0) is 48.5 Å². The lowest BCUT2D eigenvalue weighted by atomic mass is 10.3. The van der Waals surface area contributed by atoms with Crippen LogP contribution in [-0.4, -0.2) is 142 Å². The molecule has 0 saturated carbocycles. The second-order valence-electron chi connectivity index (χ2n) is 13.5.